The standard InChI is InChI=1S/C16H23NO3S/c1-3-14-6-4-5-11-17(14)16(18)12-21(19,20)15-9-7-13(2)8-10-15/h7-10,14H,3-6,11-12H2,1-2H3. The van der Waals surface area contributed by atoms with E-state index in [-0.39, 0.29) is 16.8 Å². The van der Waals surface area contributed by atoms with Gasteiger partial charge < -0.3 is 4.90 Å². The second-order valence-electron chi connectivity index (χ2n) is 5.72. The first-order valence-electron chi connectivity index (χ1n) is 7.53. The minimum absolute atomic E-state index is 0.194. The van der Waals surface area contributed by atoms with E-state index in [0.29, 0.717) is 6.54 Å². The first-order chi connectivity index (χ1) is 9.94. The Kier molecular flexibility index (Phi) is 5.04. The van der Waals surface area contributed by atoms with Crippen molar-refractivity contribution in [2.24, 2.45) is 0 Å². The van der Waals surface area contributed by atoms with Gasteiger partial charge >= 0.3 is 0 Å². The maximum atomic E-state index is 12.4. The Morgan fingerprint density at radius 3 is 2.52 bits per heavy atom. The number of piperidine rings is 1. The number of carbonyl (C=O) groups is 1. The van der Waals surface area contributed by atoms with Crippen LogP contribution < -0.4 is 0 Å². The number of carbonyl (C=O) groups excluding carboxylic acids is 1. The Morgan fingerprint density at radius 2 is 1.90 bits per heavy atom. The van der Waals surface area contributed by atoms with Crippen molar-refractivity contribution in [3.63, 3.8) is 0 Å². The molecule has 1 saturated heterocycles. The van der Waals surface area contributed by atoms with Crippen LogP contribution in [0.2, 0.25) is 0 Å². The van der Waals surface area contributed by atoms with Crippen LogP contribution in [-0.4, -0.2) is 37.6 Å². The van der Waals surface area contributed by atoms with Gasteiger partial charge in [-0.15, -0.1) is 0 Å². The average Bonchev–Trinajstić information content (AvgIpc) is 2.47. The highest BCUT2D eigenvalue weighted by Crippen LogP contribution is 2.21. The lowest BCUT2D eigenvalue weighted by Crippen LogP contribution is -2.45. The molecule has 1 heterocycles. The lowest BCUT2D eigenvalue weighted by Gasteiger charge is -2.35. The molecule has 2 rings (SSSR count). The van der Waals surface area contributed by atoms with Gasteiger partial charge in [-0.2, -0.15) is 0 Å². The summed E-state index contributed by atoms with van der Waals surface area (Å²) in [5.41, 5.74) is 1.00. The second-order valence-corrected chi connectivity index (χ2v) is 7.71. The fourth-order valence-corrected chi connectivity index (χ4v) is 4.04. The van der Waals surface area contributed by atoms with Gasteiger partial charge in [-0.25, -0.2) is 8.42 Å². The second kappa shape index (κ2) is 6.60. The molecule has 1 aliphatic rings. The largest absolute Gasteiger partial charge is 0.339 e. The first kappa shape index (κ1) is 16.0. The van der Waals surface area contributed by atoms with Crippen LogP contribution in [0.15, 0.2) is 29.2 Å². The molecule has 4 nitrogen and oxygen atoms in total. The van der Waals surface area contributed by atoms with E-state index in [0.717, 1.165) is 31.2 Å². The molecule has 1 fully saturated rings. The molecular formula is C16H23NO3S. The third kappa shape index (κ3) is 3.84. The summed E-state index contributed by atoms with van der Waals surface area (Å²) in [5.74, 6) is -0.686. The van der Waals surface area contributed by atoms with E-state index in [4.69, 9.17) is 0 Å². The van der Waals surface area contributed by atoms with Gasteiger partial charge in [0.15, 0.2) is 9.84 Å². The molecule has 0 spiro atoms. The third-order valence-corrected chi connectivity index (χ3v) is 5.73. The van der Waals surface area contributed by atoms with Crippen molar-refractivity contribution in [3.8, 4) is 0 Å². The summed E-state index contributed by atoms with van der Waals surface area (Å²) in [5, 5.41) is 0. The molecule has 0 N–H and O–H groups in total. The molecule has 21 heavy (non-hydrogen) atoms. The molecule has 0 saturated carbocycles. The minimum atomic E-state index is -3.55. The molecule has 0 radical (unpaired) electrons. The number of hydrogen-bond acceptors (Lipinski definition) is 3. The molecule has 0 bridgehead atoms. The van der Waals surface area contributed by atoms with Gasteiger partial charge in [-0.05, 0) is 44.7 Å². The number of nitrogens with zero attached hydrogens (tertiary/aromatic N) is 1. The summed E-state index contributed by atoms with van der Waals surface area (Å²) in [6.45, 7) is 4.63. The molecule has 0 aliphatic carbocycles. The Labute approximate surface area is 127 Å². The highest BCUT2D eigenvalue weighted by atomic mass is 32.2. The monoisotopic (exact) mass is 309 g/mol. The summed E-state index contributed by atoms with van der Waals surface area (Å²) in [7, 11) is -3.55. The van der Waals surface area contributed by atoms with Gasteiger partial charge in [0.1, 0.15) is 5.75 Å². The van der Waals surface area contributed by atoms with Gasteiger partial charge in [0, 0.05) is 12.6 Å². The normalized spacial score (nSPS) is 19.5. The first-order valence-corrected chi connectivity index (χ1v) is 9.18. The minimum Gasteiger partial charge on any atom is -0.339 e. The third-order valence-electron chi connectivity index (χ3n) is 4.11. The molecule has 1 amide bonds. The lowest BCUT2D eigenvalue weighted by molar-refractivity contribution is -0.132. The Balaban J connectivity index is 2.12. The smallest absolute Gasteiger partial charge is 0.238 e. The number of sulfone groups is 1. The fraction of sp³-hybridized carbons (Fsp3) is 0.562. The quantitative estimate of drug-likeness (QED) is 0.859. The SMILES string of the molecule is CCC1CCCCN1C(=O)CS(=O)(=O)c1ccc(C)cc1. The summed E-state index contributed by atoms with van der Waals surface area (Å²) >= 11 is 0. The summed E-state index contributed by atoms with van der Waals surface area (Å²) in [6, 6.07) is 6.86. The van der Waals surface area contributed by atoms with Crippen LogP contribution in [0.3, 0.4) is 0 Å². The Hall–Kier alpha value is -1.36. The molecule has 116 valence electrons. The maximum absolute atomic E-state index is 12.4. The van der Waals surface area contributed by atoms with Crippen LogP contribution in [-0.2, 0) is 14.6 Å². The summed E-state index contributed by atoms with van der Waals surface area (Å²) in [4.78, 5) is 14.4. The number of benzene rings is 1. The number of aryl methyl sites for hydroxylation is 1. The number of amides is 1. The molecule has 1 atom stereocenters. The van der Waals surface area contributed by atoms with Crippen molar-refractivity contribution in [2.45, 2.75) is 50.5 Å². The van der Waals surface area contributed by atoms with E-state index in [2.05, 4.69) is 0 Å². The Morgan fingerprint density at radius 1 is 1.24 bits per heavy atom. The zero-order chi connectivity index (χ0) is 15.5. The van der Waals surface area contributed by atoms with Crippen molar-refractivity contribution in [2.75, 3.05) is 12.3 Å². The van der Waals surface area contributed by atoms with E-state index in [9.17, 15) is 13.2 Å². The van der Waals surface area contributed by atoms with Crippen LogP contribution in [0.4, 0.5) is 0 Å². The zero-order valence-electron chi connectivity index (χ0n) is 12.7. The number of likely N-dealkylation sites (tertiary alicyclic amines) is 1. The lowest BCUT2D eigenvalue weighted by atomic mass is 10.0. The summed E-state index contributed by atoms with van der Waals surface area (Å²) in [6.07, 6.45) is 3.95. The Bertz CT molecular complexity index is 592. The van der Waals surface area contributed by atoms with Gasteiger partial charge in [0.2, 0.25) is 5.91 Å². The zero-order valence-corrected chi connectivity index (χ0v) is 13.5. The van der Waals surface area contributed by atoms with Crippen molar-refractivity contribution in [1.29, 1.82) is 0 Å². The van der Waals surface area contributed by atoms with E-state index in [1.54, 1.807) is 29.2 Å². The highest BCUT2D eigenvalue weighted by molar-refractivity contribution is 7.92. The number of rotatable bonds is 4. The van der Waals surface area contributed by atoms with Crippen molar-refractivity contribution < 1.29 is 13.2 Å². The van der Waals surface area contributed by atoms with Crippen molar-refractivity contribution in [3.05, 3.63) is 29.8 Å². The topological polar surface area (TPSA) is 54.5 Å². The van der Waals surface area contributed by atoms with Crippen LogP contribution >= 0.6 is 0 Å². The maximum Gasteiger partial charge on any atom is 0.238 e. The van der Waals surface area contributed by atoms with E-state index in [1.807, 2.05) is 13.8 Å². The van der Waals surface area contributed by atoms with Crippen LogP contribution in [0.5, 0.6) is 0 Å². The van der Waals surface area contributed by atoms with Gasteiger partial charge in [-0.3, -0.25) is 4.79 Å². The fourth-order valence-electron chi connectivity index (χ4n) is 2.83. The van der Waals surface area contributed by atoms with E-state index in [1.165, 1.54) is 0 Å². The molecule has 1 unspecified atom stereocenters. The van der Waals surface area contributed by atoms with E-state index >= 15 is 0 Å². The van der Waals surface area contributed by atoms with E-state index < -0.39 is 15.6 Å². The molecule has 5 heteroatoms. The van der Waals surface area contributed by atoms with Crippen LogP contribution in [0, 0.1) is 6.92 Å². The van der Waals surface area contributed by atoms with Gasteiger partial charge in [0.25, 0.3) is 0 Å². The molecule has 1 aromatic rings. The highest BCUT2D eigenvalue weighted by Gasteiger charge is 2.29. The predicted octanol–water partition coefficient (Wildman–Crippen LogP) is 2.56. The van der Waals surface area contributed by atoms with Crippen molar-refractivity contribution >= 4 is 15.7 Å². The van der Waals surface area contributed by atoms with Crippen molar-refractivity contribution in [1.82, 2.24) is 4.90 Å². The summed E-state index contributed by atoms with van der Waals surface area (Å²) < 4.78 is 24.7. The van der Waals surface area contributed by atoms with Crippen LogP contribution in [0.25, 0.3) is 0 Å². The molecule has 1 aliphatic heterocycles. The molecule has 1 aromatic carbocycles. The molecule has 0 aromatic heterocycles. The predicted molar refractivity (Wildman–Crippen MR) is 82.9 cm³/mol. The van der Waals surface area contributed by atoms with Crippen LogP contribution in [0.1, 0.15) is 38.2 Å². The average molecular weight is 309 g/mol. The van der Waals surface area contributed by atoms with Gasteiger partial charge in [-0.1, -0.05) is 24.6 Å². The molecular weight excluding hydrogens is 286 g/mol. The van der Waals surface area contributed by atoms with Gasteiger partial charge in [0.05, 0.1) is 4.90 Å². The number of hydrogen-bond donors (Lipinski definition) is 0.